The third kappa shape index (κ3) is 2.71. The highest BCUT2D eigenvalue weighted by molar-refractivity contribution is 7.99. The first-order valence-corrected chi connectivity index (χ1v) is 6.14. The number of aryl methyl sites for hydroxylation is 1. The number of nitrogen functional groups attached to an aromatic ring is 1. The minimum absolute atomic E-state index is 0.762. The molecule has 2 rings (SSSR count). The van der Waals surface area contributed by atoms with Gasteiger partial charge < -0.3 is 5.73 Å². The van der Waals surface area contributed by atoms with E-state index in [1.165, 1.54) is 10.5 Å². The van der Waals surface area contributed by atoms with Crippen LogP contribution in [0.25, 0.3) is 0 Å². The van der Waals surface area contributed by atoms with Gasteiger partial charge in [0.15, 0.2) is 0 Å². The molecular weight excluding hydrogens is 238 g/mol. The highest BCUT2D eigenvalue weighted by atomic mass is 35.5. The summed E-state index contributed by atoms with van der Waals surface area (Å²) in [4.78, 5) is 2.34. The topological polar surface area (TPSA) is 26.0 Å². The van der Waals surface area contributed by atoms with E-state index in [1.807, 2.05) is 42.5 Å². The first-order chi connectivity index (χ1) is 7.65. The van der Waals surface area contributed by atoms with E-state index in [9.17, 15) is 0 Å². The molecular formula is C13H12ClNS. The van der Waals surface area contributed by atoms with Crippen molar-refractivity contribution in [2.24, 2.45) is 0 Å². The van der Waals surface area contributed by atoms with E-state index >= 15 is 0 Å². The maximum Gasteiger partial charge on any atom is 0.0417 e. The zero-order valence-electron chi connectivity index (χ0n) is 8.91. The normalized spacial score (nSPS) is 10.4. The lowest BCUT2D eigenvalue weighted by Gasteiger charge is -2.06. The molecule has 0 aliphatic carbocycles. The van der Waals surface area contributed by atoms with Crippen LogP contribution in [0.2, 0.25) is 5.02 Å². The van der Waals surface area contributed by atoms with E-state index in [4.69, 9.17) is 17.3 Å². The molecule has 1 nitrogen and oxygen atoms in total. The second-order valence-corrected chi connectivity index (χ2v) is 5.14. The molecule has 16 heavy (non-hydrogen) atoms. The maximum absolute atomic E-state index is 5.94. The molecule has 0 aliphatic heterocycles. The van der Waals surface area contributed by atoms with Gasteiger partial charge in [0.1, 0.15) is 0 Å². The van der Waals surface area contributed by atoms with Crippen LogP contribution in [0.15, 0.2) is 52.3 Å². The van der Waals surface area contributed by atoms with E-state index in [0.29, 0.717) is 0 Å². The standard InChI is InChI=1S/C13H12ClNS/c1-9-7-11(15)5-6-13(9)16-12-4-2-3-10(14)8-12/h2-8H,15H2,1H3. The number of rotatable bonds is 2. The lowest BCUT2D eigenvalue weighted by Crippen LogP contribution is -1.86. The molecule has 0 heterocycles. The van der Waals surface area contributed by atoms with Crippen LogP contribution in [0.4, 0.5) is 5.69 Å². The highest BCUT2D eigenvalue weighted by Crippen LogP contribution is 2.32. The average Bonchev–Trinajstić information content (AvgIpc) is 2.22. The van der Waals surface area contributed by atoms with E-state index in [2.05, 4.69) is 6.92 Å². The molecule has 0 bridgehead atoms. The molecule has 0 saturated carbocycles. The second kappa shape index (κ2) is 4.81. The Labute approximate surface area is 105 Å². The first-order valence-electron chi connectivity index (χ1n) is 4.95. The summed E-state index contributed by atoms with van der Waals surface area (Å²) in [5.41, 5.74) is 7.70. The van der Waals surface area contributed by atoms with Crippen LogP contribution >= 0.6 is 23.4 Å². The molecule has 0 amide bonds. The molecule has 0 aliphatic rings. The van der Waals surface area contributed by atoms with Crippen LogP contribution in [0, 0.1) is 6.92 Å². The zero-order valence-corrected chi connectivity index (χ0v) is 10.5. The summed E-state index contributed by atoms with van der Waals surface area (Å²) in [5.74, 6) is 0. The lowest BCUT2D eigenvalue weighted by molar-refractivity contribution is 1.29. The Morgan fingerprint density at radius 2 is 1.94 bits per heavy atom. The van der Waals surface area contributed by atoms with Gasteiger partial charge >= 0.3 is 0 Å². The minimum Gasteiger partial charge on any atom is -0.399 e. The summed E-state index contributed by atoms with van der Waals surface area (Å²) in [6, 6.07) is 13.8. The average molecular weight is 250 g/mol. The number of nitrogens with two attached hydrogens (primary N) is 1. The third-order valence-electron chi connectivity index (χ3n) is 2.22. The van der Waals surface area contributed by atoms with Crippen molar-refractivity contribution >= 4 is 29.1 Å². The number of hydrogen-bond donors (Lipinski definition) is 1. The van der Waals surface area contributed by atoms with Gasteiger partial charge in [-0.2, -0.15) is 0 Å². The van der Waals surface area contributed by atoms with Crippen molar-refractivity contribution in [1.82, 2.24) is 0 Å². The molecule has 0 unspecified atom stereocenters. The van der Waals surface area contributed by atoms with E-state index in [1.54, 1.807) is 11.8 Å². The van der Waals surface area contributed by atoms with Gasteiger partial charge in [-0.05, 0) is 48.9 Å². The minimum atomic E-state index is 0.762. The molecule has 0 saturated heterocycles. The predicted octanol–water partition coefficient (Wildman–Crippen LogP) is 4.38. The van der Waals surface area contributed by atoms with Crippen molar-refractivity contribution in [3.05, 3.63) is 53.1 Å². The van der Waals surface area contributed by atoms with Crippen LogP contribution in [-0.2, 0) is 0 Å². The number of halogens is 1. The molecule has 2 N–H and O–H groups in total. The predicted molar refractivity (Wildman–Crippen MR) is 71.2 cm³/mol. The van der Waals surface area contributed by atoms with Crippen molar-refractivity contribution in [2.75, 3.05) is 5.73 Å². The van der Waals surface area contributed by atoms with Crippen LogP contribution in [0.3, 0.4) is 0 Å². The fraction of sp³-hybridized carbons (Fsp3) is 0.0769. The molecule has 3 heteroatoms. The van der Waals surface area contributed by atoms with Gasteiger partial charge in [0, 0.05) is 20.5 Å². The Hall–Kier alpha value is -1.12. The third-order valence-corrected chi connectivity index (χ3v) is 3.63. The van der Waals surface area contributed by atoms with Crippen molar-refractivity contribution in [3.63, 3.8) is 0 Å². The second-order valence-electron chi connectivity index (χ2n) is 3.58. The number of anilines is 1. The van der Waals surface area contributed by atoms with Crippen molar-refractivity contribution in [2.45, 2.75) is 16.7 Å². The van der Waals surface area contributed by atoms with Gasteiger partial charge in [-0.3, -0.25) is 0 Å². The maximum atomic E-state index is 5.94. The quantitative estimate of drug-likeness (QED) is 0.800. The van der Waals surface area contributed by atoms with E-state index in [0.717, 1.165) is 15.6 Å². The van der Waals surface area contributed by atoms with Gasteiger partial charge in [-0.25, -0.2) is 0 Å². The summed E-state index contributed by atoms with van der Waals surface area (Å²) < 4.78 is 0. The molecule has 0 aromatic heterocycles. The number of benzene rings is 2. The van der Waals surface area contributed by atoms with Crippen LogP contribution < -0.4 is 5.73 Å². The zero-order chi connectivity index (χ0) is 11.5. The summed E-state index contributed by atoms with van der Waals surface area (Å²) >= 11 is 7.64. The summed E-state index contributed by atoms with van der Waals surface area (Å²) in [7, 11) is 0. The van der Waals surface area contributed by atoms with Gasteiger partial charge in [-0.1, -0.05) is 29.4 Å². The Bertz CT molecular complexity index is 511. The first kappa shape index (κ1) is 11.4. The molecule has 0 atom stereocenters. The van der Waals surface area contributed by atoms with E-state index in [-0.39, 0.29) is 0 Å². The van der Waals surface area contributed by atoms with Crippen LogP contribution in [-0.4, -0.2) is 0 Å². The van der Waals surface area contributed by atoms with Crippen molar-refractivity contribution < 1.29 is 0 Å². The van der Waals surface area contributed by atoms with Gasteiger partial charge in [0.2, 0.25) is 0 Å². The lowest BCUT2D eigenvalue weighted by atomic mass is 10.2. The van der Waals surface area contributed by atoms with Gasteiger partial charge in [-0.15, -0.1) is 0 Å². The number of hydrogen-bond acceptors (Lipinski definition) is 2. The molecule has 0 spiro atoms. The molecule has 2 aromatic carbocycles. The largest absolute Gasteiger partial charge is 0.399 e. The Balaban J connectivity index is 2.27. The summed E-state index contributed by atoms with van der Waals surface area (Å²) in [6.07, 6.45) is 0. The van der Waals surface area contributed by atoms with Gasteiger partial charge in [0.05, 0.1) is 0 Å². The van der Waals surface area contributed by atoms with Crippen LogP contribution in [0.5, 0.6) is 0 Å². The Morgan fingerprint density at radius 1 is 1.12 bits per heavy atom. The highest BCUT2D eigenvalue weighted by Gasteiger charge is 2.02. The Kier molecular flexibility index (Phi) is 3.42. The summed E-state index contributed by atoms with van der Waals surface area (Å²) in [5, 5.41) is 0.762. The Morgan fingerprint density at radius 3 is 2.62 bits per heavy atom. The van der Waals surface area contributed by atoms with Crippen molar-refractivity contribution in [1.29, 1.82) is 0 Å². The fourth-order valence-corrected chi connectivity index (χ4v) is 2.64. The van der Waals surface area contributed by atoms with Crippen molar-refractivity contribution in [3.8, 4) is 0 Å². The molecule has 2 aromatic rings. The molecule has 0 radical (unpaired) electrons. The molecule has 82 valence electrons. The molecule has 0 fully saturated rings. The van der Waals surface area contributed by atoms with E-state index < -0.39 is 0 Å². The summed E-state index contributed by atoms with van der Waals surface area (Å²) in [6.45, 7) is 2.06. The fourth-order valence-electron chi connectivity index (χ4n) is 1.44. The SMILES string of the molecule is Cc1cc(N)ccc1Sc1cccc(Cl)c1. The van der Waals surface area contributed by atoms with Gasteiger partial charge in [0.25, 0.3) is 0 Å². The monoisotopic (exact) mass is 249 g/mol. The smallest absolute Gasteiger partial charge is 0.0417 e. The van der Waals surface area contributed by atoms with Crippen LogP contribution in [0.1, 0.15) is 5.56 Å².